The molecule has 0 aliphatic carbocycles. The number of anilines is 2. The summed E-state index contributed by atoms with van der Waals surface area (Å²) >= 11 is 0. The van der Waals surface area contributed by atoms with Gasteiger partial charge in [0.1, 0.15) is 11.9 Å². The van der Waals surface area contributed by atoms with Crippen molar-refractivity contribution in [2.24, 2.45) is 0 Å². The Hall–Kier alpha value is -3.25. The van der Waals surface area contributed by atoms with Gasteiger partial charge >= 0.3 is 0 Å². The molecular formula is C29H35N7O. The van der Waals surface area contributed by atoms with Crippen molar-refractivity contribution in [2.45, 2.75) is 32.1 Å². The zero-order valence-electron chi connectivity index (χ0n) is 21.8. The van der Waals surface area contributed by atoms with Crippen molar-refractivity contribution in [1.82, 2.24) is 19.8 Å². The first-order chi connectivity index (χ1) is 18.1. The Bertz CT molecular complexity index is 1310. The number of aromatic nitrogens is 2. The highest BCUT2D eigenvalue weighted by Gasteiger charge is 2.30. The van der Waals surface area contributed by atoms with Crippen LogP contribution in [-0.2, 0) is 17.7 Å². The fourth-order valence-corrected chi connectivity index (χ4v) is 6.04. The minimum absolute atomic E-state index is 0.136. The molecule has 37 heavy (non-hydrogen) atoms. The Morgan fingerprint density at radius 1 is 1.03 bits per heavy atom. The van der Waals surface area contributed by atoms with E-state index in [0.717, 1.165) is 87.7 Å². The summed E-state index contributed by atoms with van der Waals surface area (Å²) in [6.45, 7) is 10.8. The van der Waals surface area contributed by atoms with Crippen LogP contribution in [0.15, 0.2) is 42.6 Å². The third-order valence-corrected chi connectivity index (χ3v) is 7.92. The summed E-state index contributed by atoms with van der Waals surface area (Å²) in [5, 5.41) is 10.6. The van der Waals surface area contributed by atoms with Gasteiger partial charge in [-0.25, -0.2) is 4.98 Å². The molecule has 0 amide bonds. The van der Waals surface area contributed by atoms with Crippen LogP contribution in [0.1, 0.15) is 23.7 Å². The summed E-state index contributed by atoms with van der Waals surface area (Å²) in [7, 11) is 2.18. The second-order valence-corrected chi connectivity index (χ2v) is 10.7. The smallest absolute Gasteiger partial charge is 0.128 e. The van der Waals surface area contributed by atoms with Crippen molar-refractivity contribution in [2.75, 3.05) is 69.2 Å². The Kier molecular flexibility index (Phi) is 6.68. The van der Waals surface area contributed by atoms with Gasteiger partial charge in [0.2, 0.25) is 0 Å². The van der Waals surface area contributed by atoms with Gasteiger partial charge in [-0.05, 0) is 49.9 Å². The molecule has 2 saturated heterocycles. The van der Waals surface area contributed by atoms with E-state index in [2.05, 4.69) is 68.9 Å². The van der Waals surface area contributed by atoms with E-state index >= 15 is 0 Å². The molecule has 0 bridgehead atoms. The molecule has 2 fully saturated rings. The molecule has 5 heterocycles. The lowest BCUT2D eigenvalue weighted by molar-refractivity contribution is -0.0327. The molecular weight excluding hydrogens is 462 g/mol. The minimum Gasteiger partial charge on any atom is -0.370 e. The number of nitrogens with zero attached hydrogens (tertiary/aromatic N) is 7. The number of hydrogen-bond acceptors (Lipinski definition) is 8. The van der Waals surface area contributed by atoms with Crippen molar-refractivity contribution < 1.29 is 4.74 Å². The van der Waals surface area contributed by atoms with Crippen LogP contribution < -0.4 is 9.80 Å². The standard InChI is InChI=1S/C29H35N7O/c1-21-17-36(27-7-5-22(16-30)29-25(27)4-3-10-31-29)20-24(37-21)19-34-12-14-35(15-13-34)28-8-6-23-18-33(2)11-9-26(23)32-28/h3-8,10,21,24H,9,11-15,17-20H2,1-2H3/t21-,24+/m1/s1. The average Bonchev–Trinajstić information content (AvgIpc) is 2.92. The molecule has 192 valence electrons. The molecule has 0 unspecified atom stereocenters. The van der Waals surface area contributed by atoms with E-state index < -0.39 is 0 Å². The second kappa shape index (κ2) is 10.3. The Labute approximate surface area is 219 Å². The topological polar surface area (TPSA) is 71.8 Å². The van der Waals surface area contributed by atoms with Crippen LogP contribution in [0.25, 0.3) is 10.9 Å². The zero-order chi connectivity index (χ0) is 25.4. The molecule has 6 rings (SSSR count). The number of pyridine rings is 2. The van der Waals surface area contributed by atoms with Crippen molar-refractivity contribution >= 4 is 22.4 Å². The number of fused-ring (bicyclic) bond motifs is 2. The highest BCUT2D eigenvalue weighted by molar-refractivity contribution is 5.95. The zero-order valence-corrected chi connectivity index (χ0v) is 21.8. The minimum atomic E-state index is 0.136. The molecule has 0 N–H and O–H groups in total. The number of nitriles is 1. The normalized spacial score (nSPS) is 23.2. The summed E-state index contributed by atoms with van der Waals surface area (Å²) in [5.74, 6) is 1.12. The van der Waals surface area contributed by atoms with Crippen LogP contribution in [-0.4, -0.2) is 91.4 Å². The number of ether oxygens (including phenoxy) is 1. The van der Waals surface area contributed by atoms with Crippen LogP contribution in [0.2, 0.25) is 0 Å². The van der Waals surface area contributed by atoms with Crippen LogP contribution in [0, 0.1) is 11.3 Å². The van der Waals surface area contributed by atoms with Gasteiger partial charge in [-0.3, -0.25) is 9.88 Å². The summed E-state index contributed by atoms with van der Waals surface area (Å²) in [4.78, 5) is 19.3. The highest BCUT2D eigenvalue weighted by atomic mass is 16.5. The molecule has 3 aliphatic heterocycles. The van der Waals surface area contributed by atoms with E-state index in [1.807, 2.05) is 12.1 Å². The molecule has 2 atom stereocenters. The van der Waals surface area contributed by atoms with Crippen LogP contribution >= 0.6 is 0 Å². The first kappa shape index (κ1) is 24.1. The summed E-state index contributed by atoms with van der Waals surface area (Å²) in [6.07, 6.45) is 3.07. The number of likely N-dealkylation sites (N-methyl/N-ethyl adjacent to an activating group) is 1. The van der Waals surface area contributed by atoms with Crippen molar-refractivity contribution in [1.29, 1.82) is 5.26 Å². The van der Waals surface area contributed by atoms with Crippen LogP contribution in [0.4, 0.5) is 11.5 Å². The van der Waals surface area contributed by atoms with Gasteiger partial charge in [0.15, 0.2) is 0 Å². The van der Waals surface area contributed by atoms with Gasteiger partial charge in [0, 0.05) is 88.3 Å². The van der Waals surface area contributed by atoms with E-state index in [1.165, 1.54) is 11.3 Å². The summed E-state index contributed by atoms with van der Waals surface area (Å²) in [6, 6.07) is 14.7. The predicted octanol–water partition coefficient (Wildman–Crippen LogP) is 2.91. The van der Waals surface area contributed by atoms with Crippen LogP contribution in [0.5, 0.6) is 0 Å². The molecule has 0 spiro atoms. The first-order valence-corrected chi connectivity index (χ1v) is 13.4. The van der Waals surface area contributed by atoms with E-state index in [0.29, 0.717) is 5.56 Å². The van der Waals surface area contributed by atoms with Gasteiger partial charge in [0.25, 0.3) is 0 Å². The van der Waals surface area contributed by atoms with Crippen molar-refractivity contribution in [3.63, 3.8) is 0 Å². The maximum atomic E-state index is 9.52. The number of hydrogen-bond donors (Lipinski definition) is 0. The highest BCUT2D eigenvalue weighted by Crippen LogP contribution is 2.30. The van der Waals surface area contributed by atoms with E-state index in [4.69, 9.17) is 9.72 Å². The fraction of sp³-hybridized carbons (Fsp3) is 0.483. The molecule has 3 aromatic rings. The number of piperazine rings is 1. The molecule has 8 heteroatoms. The monoisotopic (exact) mass is 497 g/mol. The first-order valence-electron chi connectivity index (χ1n) is 13.4. The SMILES string of the molecule is C[C@@H]1CN(c2ccc(C#N)c3ncccc23)C[C@H](CN2CCN(c3ccc4c(n3)CCN(C)C4)CC2)O1. The summed E-state index contributed by atoms with van der Waals surface area (Å²) < 4.78 is 6.40. The maximum Gasteiger partial charge on any atom is 0.128 e. The molecule has 8 nitrogen and oxygen atoms in total. The van der Waals surface area contributed by atoms with Gasteiger partial charge in [-0.2, -0.15) is 5.26 Å². The lowest BCUT2D eigenvalue weighted by Crippen LogP contribution is -2.54. The van der Waals surface area contributed by atoms with Crippen LogP contribution in [0.3, 0.4) is 0 Å². The number of benzene rings is 1. The lowest BCUT2D eigenvalue weighted by atomic mass is 10.1. The Morgan fingerprint density at radius 2 is 1.89 bits per heavy atom. The molecule has 0 radical (unpaired) electrons. The van der Waals surface area contributed by atoms with Gasteiger partial charge < -0.3 is 19.4 Å². The summed E-state index contributed by atoms with van der Waals surface area (Å²) in [5.41, 5.74) is 5.17. The number of rotatable bonds is 4. The largest absolute Gasteiger partial charge is 0.370 e. The van der Waals surface area contributed by atoms with Crippen molar-refractivity contribution in [3.05, 3.63) is 59.4 Å². The van der Waals surface area contributed by atoms with E-state index in [1.54, 1.807) is 6.20 Å². The predicted molar refractivity (Wildman–Crippen MR) is 146 cm³/mol. The van der Waals surface area contributed by atoms with Crippen molar-refractivity contribution in [3.8, 4) is 6.07 Å². The third kappa shape index (κ3) is 4.99. The second-order valence-electron chi connectivity index (χ2n) is 10.7. The quantitative estimate of drug-likeness (QED) is 0.545. The van der Waals surface area contributed by atoms with Gasteiger partial charge in [0.05, 0.1) is 23.3 Å². The molecule has 2 aromatic heterocycles. The maximum absolute atomic E-state index is 9.52. The average molecular weight is 498 g/mol. The van der Waals surface area contributed by atoms with Gasteiger partial charge in [-0.15, -0.1) is 0 Å². The Morgan fingerprint density at radius 3 is 2.73 bits per heavy atom. The van der Waals surface area contributed by atoms with Gasteiger partial charge in [-0.1, -0.05) is 6.07 Å². The van der Waals surface area contributed by atoms with E-state index in [-0.39, 0.29) is 12.2 Å². The van der Waals surface area contributed by atoms with E-state index in [9.17, 15) is 5.26 Å². The number of morpholine rings is 1. The molecule has 3 aliphatic rings. The lowest BCUT2D eigenvalue weighted by Gasteiger charge is -2.42. The molecule has 1 aromatic carbocycles. The third-order valence-electron chi connectivity index (χ3n) is 7.92. The fourth-order valence-electron chi connectivity index (χ4n) is 6.04. The Balaban J connectivity index is 1.10. The molecule has 0 saturated carbocycles.